The highest BCUT2D eigenvalue weighted by Crippen LogP contribution is 2.77. The van der Waals surface area contributed by atoms with Crippen molar-refractivity contribution in [3.05, 3.63) is 52.8 Å². The topological polar surface area (TPSA) is 101 Å². The molecule has 0 unspecified atom stereocenters. The van der Waals surface area contributed by atoms with E-state index < -0.39 is 16.8 Å². The van der Waals surface area contributed by atoms with Crippen molar-refractivity contribution in [2.24, 2.45) is 56.7 Å². The fourth-order valence-corrected chi connectivity index (χ4v) is 12.4. The Balaban J connectivity index is 1.41. The number of Topliss-reactive ketones (excluding diaryl/α,β-unsaturated/α-hetero) is 1. The molecule has 234 valence electrons. The second-order valence-corrected chi connectivity index (χ2v) is 16.4. The van der Waals surface area contributed by atoms with Gasteiger partial charge in [0.2, 0.25) is 0 Å². The van der Waals surface area contributed by atoms with Crippen molar-refractivity contribution in [1.29, 1.82) is 0 Å². The van der Waals surface area contributed by atoms with Crippen molar-refractivity contribution in [2.45, 2.75) is 99.3 Å². The van der Waals surface area contributed by atoms with Crippen LogP contribution in [0.4, 0.5) is 5.69 Å². The van der Waals surface area contributed by atoms with Gasteiger partial charge in [-0.15, -0.1) is 0 Å². The molecule has 0 saturated heterocycles. The van der Waals surface area contributed by atoms with Crippen LogP contribution in [0.2, 0.25) is 0 Å². The minimum absolute atomic E-state index is 0.0219. The van der Waals surface area contributed by atoms with Gasteiger partial charge in [0.25, 0.3) is 0 Å². The first kappa shape index (κ1) is 30.6. The van der Waals surface area contributed by atoms with E-state index in [0.29, 0.717) is 18.3 Å². The standard InChI is InChI=1S/C37H50NO5/c1-22(2)26-13-16-37(32(40)41)18-17-35(6)27(30(26)37)11-12-29-34(5)21-24(19-23-9-8-10-25(20-23)38(42)43)31(39)33(3,4)28(34)14-15-36(29,35)7/h8-10,19-20,26-30,42H,1,11-18,21H2,2-7H3,(H,40,41)/q-1/t26-,27+,28+,29+,30-,34+,35-,36-,37-/m1/s1. The van der Waals surface area contributed by atoms with Crippen molar-refractivity contribution in [3.63, 3.8) is 0 Å². The normalized spacial score (nSPS) is 44.1. The molecular formula is C37H50NO5-. The highest BCUT2D eigenvalue weighted by Gasteiger charge is 2.72. The third kappa shape index (κ3) is 4.04. The molecule has 0 spiro atoms. The Morgan fingerprint density at radius 1 is 1.00 bits per heavy atom. The second kappa shape index (κ2) is 9.78. The van der Waals surface area contributed by atoms with E-state index in [2.05, 4.69) is 48.1 Å². The van der Waals surface area contributed by atoms with Gasteiger partial charge in [-0.25, -0.2) is 0 Å². The van der Waals surface area contributed by atoms with Crippen molar-refractivity contribution >= 4 is 23.5 Å². The van der Waals surface area contributed by atoms with Crippen LogP contribution >= 0.6 is 0 Å². The van der Waals surface area contributed by atoms with Crippen LogP contribution in [0.3, 0.4) is 0 Å². The number of anilines is 1. The number of hydrogen-bond donors (Lipinski definition) is 2. The molecule has 0 heterocycles. The minimum atomic E-state index is -0.629. The lowest BCUT2D eigenvalue weighted by Crippen LogP contribution is -2.67. The lowest BCUT2D eigenvalue weighted by Gasteiger charge is -2.72. The number of allylic oxidation sites excluding steroid dienone is 2. The Morgan fingerprint density at radius 2 is 1.72 bits per heavy atom. The van der Waals surface area contributed by atoms with Gasteiger partial charge in [0.1, 0.15) is 0 Å². The Morgan fingerprint density at radius 3 is 2.37 bits per heavy atom. The molecule has 9 atom stereocenters. The summed E-state index contributed by atoms with van der Waals surface area (Å²) >= 11 is 0. The molecule has 0 aromatic heterocycles. The molecule has 0 aliphatic heterocycles. The molecular weight excluding hydrogens is 538 g/mol. The summed E-state index contributed by atoms with van der Waals surface area (Å²) in [7, 11) is 0. The van der Waals surface area contributed by atoms with Crippen LogP contribution in [0.25, 0.3) is 6.08 Å². The fourth-order valence-electron chi connectivity index (χ4n) is 12.4. The summed E-state index contributed by atoms with van der Waals surface area (Å²) in [5, 5.41) is 31.5. The van der Waals surface area contributed by atoms with Crippen molar-refractivity contribution in [1.82, 2.24) is 0 Å². The van der Waals surface area contributed by atoms with Crippen LogP contribution in [-0.2, 0) is 9.59 Å². The van der Waals surface area contributed by atoms with E-state index in [4.69, 9.17) is 0 Å². The van der Waals surface area contributed by atoms with E-state index in [1.54, 1.807) is 18.2 Å². The SMILES string of the molecule is C=C(C)[C@H]1CC[C@@]2(C(=O)O)CC[C@]3(C)[C@@H](CC[C@H]4[C@@]5(C)CC(=Cc6cccc(N([O-])O)c6)C(=O)C(C)(C)[C@@H]5CC[C@]43C)[C@@H]12. The number of carboxylic acid groups (broad SMARTS) is 1. The molecule has 2 N–H and O–H groups in total. The van der Waals surface area contributed by atoms with Gasteiger partial charge in [0.05, 0.1) is 11.1 Å². The predicted molar refractivity (Wildman–Crippen MR) is 169 cm³/mol. The Labute approximate surface area is 257 Å². The Bertz CT molecular complexity index is 1390. The van der Waals surface area contributed by atoms with E-state index in [1.165, 1.54) is 0 Å². The van der Waals surface area contributed by atoms with Crippen LogP contribution in [-0.4, -0.2) is 22.1 Å². The van der Waals surface area contributed by atoms with Gasteiger partial charge in [0, 0.05) is 5.41 Å². The van der Waals surface area contributed by atoms with E-state index in [0.717, 1.165) is 68.1 Å². The molecule has 6 nitrogen and oxygen atoms in total. The van der Waals surface area contributed by atoms with Gasteiger partial charge in [-0.3, -0.25) is 14.8 Å². The van der Waals surface area contributed by atoms with Gasteiger partial charge >= 0.3 is 5.97 Å². The summed E-state index contributed by atoms with van der Waals surface area (Å²) < 4.78 is 0. The molecule has 43 heavy (non-hydrogen) atoms. The average Bonchev–Trinajstić information content (AvgIpc) is 3.34. The zero-order chi connectivity index (χ0) is 31.3. The monoisotopic (exact) mass is 588 g/mol. The van der Waals surface area contributed by atoms with E-state index in [-0.39, 0.29) is 50.7 Å². The summed E-state index contributed by atoms with van der Waals surface area (Å²) in [6, 6.07) is 6.79. The van der Waals surface area contributed by atoms with Gasteiger partial charge in [0.15, 0.2) is 5.78 Å². The zero-order valence-electron chi connectivity index (χ0n) is 26.9. The summed E-state index contributed by atoms with van der Waals surface area (Å²) in [6.07, 6.45) is 10.2. The molecule has 1 aromatic carbocycles. The van der Waals surface area contributed by atoms with E-state index in [1.807, 2.05) is 12.1 Å². The molecule has 5 fully saturated rings. The number of fused-ring (bicyclic) bond motifs is 7. The fraction of sp³-hybridized carbons (Fsp3) is 0.676. The number of carbonyl (C=O) groups is 2. The van der Waals surface area contributed by atoms with E-state index in [9.17, 15) is 25.1 Å². The first-order chi connectivity index (χ1) is 20.0. The highest BCUT2D eigenvalue weighted by molar-refractivity contribution is 6.04. The van der Waals surface area contributed by atoms with Gasteiger partial charge in [-0.2, -0.15) is 0 Å². The van der Waals surface area contributed by atoms with E-state index >= 15 is 0 Å². The number of aliphatic carboxylic acids is 1. The first-order valence-electron chi connectivity index (χ1n) is 16.4. The maximum Gasteiger partial charge on any atom is 0.309 e. The molecule has 0 radical (unpaired) electrons. The minimum Gasteiger partial charge on any atom is -0.733 e. The number of nitrogens with zero attached hydrogens (tertiary/aromatic N) is 1. The summed E-state index contributed by atoms with van der Waals surface area (Å²) in [5.74, 6) is 1.04. The first-order valence-corrected chi connectivity index (χ1v) is 16.4. The number of hydrogen-bond acceptors (Lipinski definition) is 5. The summed E-state index contributed by atoms with van der Waals surface area (Å²) in [5.41, 5.74) is 1.67. The molecule has 5 aliphatic carbocycles. The van der Waals surface area contributed by atoms with Crippen LogP contribution in [0, 0.1) is 61.9 Å². The summed E-state index contributed by atoms with van der Waals surface area (Å²) in [4.78, 5) is 27.0. The molecule has 5 aliphatic rings. The zero-order valence-corrected chi connectivity index (χ0v) is 26.9. The molecule has 6 rings (SSSR count). The number of rotatable bonds is 4. The third-order valence-electron chi connectivity index (χ3n) is 14.5. The number of carboxylic acids is 1. The van der Waals surface area contributed by atoms with Crippen molar-refractivity contribution in [3.8, 4) is 0 Å². The average molecular weight is 589 g/mol. The maximum atomic E-state index is 14.1. The van der Waals surface area contributed by atoms with Crippen LogP contribution in [0.15, 0.2) is 42.0 Å². The largest absolute Gasteiger partial charge is 0.733 e. The maximum absolute atomic E-state index is 14.1. The molecule has 0 bridgehead atoms. The Hall–Kier alpha value is -2.44. The van der Waals surface area contributed by atoms with Crippen molar-refractivity contribution in [2.75, 3.05) is 5.23 Å². The summed E-state index contributed by atoms with van der Waals surface area (Å²) in [6.45, 7) is 18.2. The van der Waals surface area contributed by atoms with Crippen LogP contribution in [0.1, 0.15) is 105 Å². The predicted octanol–water partition coefficient (Wildman–Crippen LogP) is 8.68. The molecule has 1 aromatic rings. The smallest absolute Gasteiger partial charge is 0.309 e. The quantitative estimate of drug-likeness (QED) is 0.207. The highest BCUT2D eigenvalue weighted by atomic mass is 16.8. The lowest BCUT2D eigenvalue weighted by atomic mass is 9.32. The lowest BCUT2D eigenvalue weighted by molar-refractivity contribution is -0.231. The number of carbonyl (C=O) groups excluding carboxylic acids is 1. The van der Waals surface area contributed by atoms with Gasteiger partial charge < -0.3 is 15.5 Å². The Kier molecular flexibility index (Phi) is 6.95. The van der Waals surface area contributed by atoms with Gasteiger partial charge in [-0.05, 0) is 140 Å². The van der Waals surface area contributed by atoms with Crippen LogP contribution < -0.4 is 5.23 Å². The molecule has 5 saturated carbocycles. The number of benzene rings is 1. The van der Waals surface area contributed by atoms with Crippen LogP contribution in [0.5, 0.6) is 0 Å². The number of ketones is 1. The van der Waals surface area contributed by atoms with Crippen molar-refractivity contribution < 1.29 is 19.9 Å². The molecule has 0 amide bonds. The third-order valence-corrected chi connectivity index (χ3v) is 14.5. The van der Waals surface area contributed by atoms with Gasteiger partial charge in [-0.1, -0.05) is 58.9 Å². The molecule has 6 heteroatoms. The second-order valence-electron chi connectivity index (χ2n) is 16.4.